The van der Waals surface area contributed by atoms with E-state index in [2.05, 4.69) is 27.7 Å². The summed E-state index contributed by atoms with van der Waals surface area (Å²) in [7, 11) is 0. The van der Waals surface area contributed by atoms with Crippen molar-refractivity contribution < 1.29 is 0 Å². The summed E-state index contributed by atoms with van der Waals surface area (Å²) in [6.07, 6.45) is 8.26. The standard InChI is InChI=1S/C7H16.C3H8.2ClH.H4Si/c1-3-5-7-6-4-2;1-3-2;;;/h3-7H2,1-2H3;3H2,1-2H3;2*1H;1H4. The van der Waals surface area contributed by atoms with Gasteiger partial charge in [-0.2, -0.15) is 0 Å². The van der Waals surface area contributed by atoms with Gasteiger partial charge in [-0.3, -0.25) is 0 Å². The monoisotopic (exact) mass is 248 g/mol. The predicted molar refractivity (Wildman–Crippen MR) is 76.2 cm³/mol. The second kappa shape index (κ2) is 38.5. The van der Waals surface area contributed by atoms with Crippen molar-refractivity contribution in [2.24, 2.45) is 0 Å². The first-order valence-corrected chi connectivity index (χ1v) is 4.83. The molecule has 0 spiro atoms. The highest BCUT2D eigenvalue weighted by Crippen LogP contribution is 2.00. The quantitative estimate of drug-likeness (QED) is 0.525. The third-order valence-corrected chi connectivity index (χ3v) is 1.21. The summed E-state index contributed by atoms with van der Waals surface area (Å²) in [5, 5.41) is 0. The number of rotatable bonds is 4. The Balaban J connectivity index is -0.0000000320. The van der Waals surface area contributed by atoms with E-state index in [1.807, 2.05) is 0 Å². The molecule has 0 heterocycles. The van der Waals surface area contributed by atoms with E-state index >= 15 is 0 Å². The maximum absolute atomic E-state index is 2.25. The highest BCUT2D eigenvalue weighted by molar-refractivity contribution is 5.85. The van der Waals surface area contributed by atoms with E-state index in [4.69, 9.17) is 0 Å². The molecule has 0 amide bonds. The Morgan fingerprint density at radius 3 is 1.00 bits per heavy atom. The van der Waals surface area contributed by atoms with E-state index in [1.165, 1.54) is 38.5 Å². The Labute approximate surface area is 102 Å². The SMILES string of the molecule is CCC.CCCCCCC.Cl.Cl.[SiH4]. The number of unbranched alkanes of at least 4 members (excludes halogenated alkanes) is 4. The molecule has 13 heavy (non-hydrogen) atoms. The summed E-state index contributed by atoms with van der Waals surface area (Å²) in [6.45, 7) is 8.74. The molecule has 0 bridgehead atoms. The Morgan fingerprint density at radius 2 is 0.846 bits per heavy atom. The van der Waals surface area contributed by atoms with Crippen molar-refractivity contribution in [1.82, 2.24) is 0 Å². The van der Waals surface area contributed by atoms with Gasteiger partial charge < -0.3 is 0 Å². The van der Waals surface area contributed by atoms with Gasteiger partial charge in [0.1, 0.15) is 0 Å². The van der Waals surface area contributed by atoms with Crippen molar-refractivity contribution in [2.75, 3.05) is 0 Å². The van der Waals surface area contributed by atoms with Crippen LogP contribution in [0.3, 0.4) is 0 Å². The maximum Gasteiger partial charge on any atom is -0.0149 e. The zero-order valence-corrected chi connectivity index (χ0v) is 10.7. The molecule has 0 aromatic heterocycles. The van der Waals surface area contributed by atoms with Gasteiger partial charge in [0, 0.05) is 0 Å². The molecule has 0 aliphatic carbocycles. The molecule has 0 rings (SSSR count). The van der Waals surface area contributed by atoms with Gasteiger partial charge >= 0.3 is 0 Å². The number of halogens is 2. The van der Waals surface area contributed by atoms with E-state index in [0.717, 1.165) is 0 Å². The molecule has 0 radical (unpaired) electrons. The lowest BCUT2D eigenvalue weighted by Gasteiger charge is -1.90. The Kier molecular flexibility index (Phi) is 86.6. The van der Waals surface area contributed by atoms with E-state index in [9.17, 15) is 0 Å². The van der Waals surface area contributed by atoms with Gasteiger partial charge in [-0.25, -0.2) is 0 Å². The van der Waals surface area contributed by atoms with Gasteiger partial charge in [0.15, 0.2) is 0 Å². The first-order valence-electron chi connectivity index (χ1n) is 4.83. The minimum absolute atomic E-state index is 0. The van der Waals surface area contributed by atoms with Crippen LogP contribution in [-0.2, 0) is 0 Å². The van der Waals surface area contributed by atoms with E-state index in [-0.39, 0.29) is 35.8 Å². The zero-order chi connectivity index (χ0) is 8.24. The molecule has 88 valence electrons. The van der Waals surface area contributed by atoms with Gasteiger partial charge in [-0.15, -0.1) is 24.8 Å². The van der Waals surface area contributed by atoms with Crippen LogP contribution < -0.4 is 0 Å². The van der Waals surface area contributed by atoms with Crippen molar-refractivity contribution in [3.8, 4) is 0 Å². The van der Waals surface area contributed by atoms with Crippen molar-refractivity contribution in [1.29, 1.82) is 0 Å². The fraction of sp³-hybridized carbons (Fsp3) is 1.00. The van der Waals surface area contributed by atoms with Crippen molar-refractivity contribution in [3.63, 3.8) is 0 Å². The fourth-order valence-electron chi connectivity index (χ4n) is 0.677. The first-order chi connectivity index (χ1) is 4.83. The fourth-order valence-corrected chi connectivity index (χ4v) is 0.677. The molecule has 3 heteroatoms. The average Bonchev–Trinajstić information content (AvgIpc) is 1.91. The topological polar surface area (TPSA) is 0 Å². The highest BCUT2D eigenvalue weighted by Gasteiger charge is 1.80. The van der Waals surface area contributed by atoms with Crippen LogP contribution in [0.2, 0.25) is 0 Å². The molecular formula is C10H30Cl2Si. The van der Waals surface area contributed by atoms with Gasteiger partial charge in [-0.05, 0) is 11.0 Å². The highest BCUT2D eigenvalue weighted by atomic mass is 35.5. The van der Waals surface area contributed by atoms with Crippen molar-refractivity contribution in [3.05, 3.63) is 0 Å². The summed E-state index contributed by atoms with van der Waals surface area (Å²) in [5.41, 5.74) is 0. The largest absolute Gasteiger partial charge is 0.147 e. The van der Waals surface area contributed by atoms with E-state index < -0.39 is 0 Å². The molecule has 0 aromatic carbocycles. The Morgan fingerprint density at radius 1 is 0.615 bits per heavy atom. The minimum Gasteiger partial charge on any atom is -0.147 e. The second-order valence-electron chi connectivity index (χ2n) is 2.77. The molecule has 0 aliphatic rings. The van der Waals surface area contributed by atoms with Gasteiger partial charge in [0.2, 0.25) is 0 Å². The van der Waals surface area contributed by atoms with Crippen LogP contribution in [0.4, 0.5) is 0 Å². The second-order valence-corrected chi connectivity index (χ2v) is 2.77. The van der Waals surface area contributed by atoms with E-state index in [1.54, 1.807) is 0 Å². The van der Waals surface area contributed by atoms with Gasteiger partial charge in [0.25, 0.3) is 0 Å². The number of hydrogen-bond acceptors (Lipinski definition) is 0. The normalized spacial score (nSPS) is 6.46. The molecular weight excluding hydrogens is 219 g/mol. The molecule has 0 atom stereocenters. The predicted octanol–water partition coefficient (Wildman–Crippen LogP) is 3.79. The smallest absolute Gasteiger partial charge is 0.0149 e. The zero-order valence-electron chi connectivity index (χ0n) is 9.06. The van der Waals surface area contributed by atoms with E-state index in [0.29, 0.717) is 0 Å². The Bertz CT molecular complexity index is 39.9. The van der Waals surface area contributed by atoms with Crippen LogP contribution in [0.25, 0.3) is 0 Å². The summed E-state index contributed by atoms with van der Waals surface area (Å²) in [6, 6.07) is 0. The van der Waals surface area contributed by atoms with Crippen molar-refractivity contribution >= 4 is 35.8 Å². The number of hydrogen-bond donors (Lipinski definition) is 0. The van der Waals surface area contributed by atoms with Crippen LogP contribution in [-0.4, -0.2) is 11.0 Å². The molecule has 0 unspecified atom stereocenters. The summed E-state index contributed by atoms with van der Waals surface area (Å²) in [5.74, 6) is 0. The maximum atomic E-state index is 2.25. The molecule has 0 aromatic rings. The lowest BCUT2D eigenvalue weighted by Crippen LogP contribution is -1.70. The van der Waals surface area contributed by atoms with Crippen molar-refractivity contribution in [2.45, 2.75) is 66.2 Å². The first kappa shape index (κ1) is 29.2. The molecule has 0 N–H and O–H groups in total. The minimum atomic E-state index is 0. The lowest BCUT2D eigenvalue weighted by atomic mass is 10.2. The summed E-state index contributed by atoms with van der Waals surface area (Å²) < 4.78 is 0. The molecule has 0 nitrogen and oxygen atoms in total. The third kappa shape index (κ3) is 64.8. The molecule has 0 fully saturated rings. The summed E-state index contributed by atoms with van der Waals surface area (Å²) >= 11 is 0. The molecule has 0 saturated carbocycles. The average molecular weight is 249 g/mol. The van der Waals surface area contributed by atoms with Crippen LogP contribution in [0.15, 0.2) is 0 Å². The molecule has 0 saturated heterocycles. The van der Waals surface area contributed by atoms with Crippen LogP contribution >= 0.6 is 24.8 Å². The van der Waals surface area contributed by atoms with Gasteiger partial charge in [0.05, 0.1) is 0 Å². The molecule has 0 aliphatic heterocycles. The van der Waals surface area contributed by atoms with Gasteiger partial charge in [-0.1, -0.05) is 66.2 Å². The van der Waals surface area contributed by atoms with Crippen LogP contribution in [0.1, 0.15) is 66.2 Å². The Hall–Kier alpha value is 0.797. The third-order valence-electron chi connectivity index (χ3n) is 1.21. The lowest BCUT2D eigenvalue weighted by molar-refractivity contribution is 0.656. The van der Waals surface area contributed by atoms with Crippen LogP contribution in [0.5, 0.6) is 0 Å². The van der Waals surface area contributed by atoms with Crippen LogP contribution in [0, 0.1) is 0 Å². The summed E-state index contributed by atoms with van der Waals surface area (Å²) in [4.78, 5) is 0.